The lowest BCUT2D eigenvalue weighted by molar-refractivity contribution is 0.584. The predicted octanol–water partition coefficient (Wildman–Crippen LogP) is 4.81. The van der Waals surface area contributed by atoms with Crippen molar-refractivity contribution < 1.29 is 0 Å². The van der Waals surface area contributed by atoms with E-state index in [4.69, 9.17) is 11.6 Å². The van der Waals surface area contributed by atoms with E-state index in [1.807, 2.05) is 75.4 Å². The van der Waals surface area contributed by atoms with Crippen LogP contribution in [-0.4, -0.2) is 23.0 Å². The van der Waals surface area contributed by atoms with Crippen LogP contribution in [0.5, 0.6) is 0 Å². The van der Waals surface area contributed by atoms with Crippen molar-refractivity contribution in [2.24, 2.45) is 15.0 Å². The number of nitrogens with zero attached hydrogens (tertiary/aromatic N) is 3. The van der Waals surface area contributed by atoms with Crippen molar-refractivity contribution in [1.29, 1.82) is 0 Å². The van der Waals surface area contributed by atoms with Gasteiger partial charge in [0, 0.05) is 16.3 Å². The van der Waals surface area contributed by atoms with Crippen molar-refractivity contribution in [3.8, 4) is 0 Å². The molecule has 0 atom stereocenters. The summed E-state index contributed by atoms with van der Waals surface area (Å²) in [6, 6.07) is 17.4. The predicted molar refractivity (Wildman–Crippen MR) is 103 cm³/mol. The average Bonchev–Trinajstić information content (AvgIpc) is 2.91. The molecule has 3 rings (SSSR count). The molecule has 0 spiro atoms. The Balaban J connectivity index is 1.95. The Hall–Kier alpha value is -2.46. The van der Waals surface area contributed by atoms with Gasteiger partial charge in [0.1, 0.15) is 0 Å². The van der Waals surface area contributed by atoms with Crippen molar-refractivity contribution in [2.75, 3.05) is 5.32 Å². The van der Waals surface area contributed by atoms with E-state index in [2.05, 4.69) is 20.3 Å². The molecule has 0 radical (unpaired) electrons. The summed E-state index contributed by atoms with van der Waals surface area (Å²) in [5.74, 6) is 1.91. The quantitative estimate of drug-likeness (QED) is 0.839. The third-order valence-electron chi connectivity index (χ3n) is 3.22. The highest BCUT2D eigenvalue weighted by atomic mass is 35.5. The summed E-state index contributed by atoms with van der Waals surface area (Å²) in [6.45, 7) is 6.11. The van der Waals surface area contributed by atoms with E-state index < -0.39 is 0 Å². The first-order chi connectivity index (χ1) is 11.4. The van der Waals surface area contributed by atoms with Crippen LogP contribution in [0.15, 0.2) is 69.6 Å². The smallest absolute Gasteiger partial charge is 0.193 e. The monoisotopic (exact) mass is 338 g/mol. The summed E-state index contributed by atoms with van der Waals surface area (Å²) in [6.07, 6.45) is 0. The molecule has 0 bridgehead atoms. The molecule has 5 heteroatoms. The third kappa shape index (κ3) is 4.09. The molecule has 1 heterocycles. The number of benzene rings is 2. The second kappa shape index (κ2) is 6.57. The summed E-state index contributed by atoms with van der Waals surface area (Å²) in [5, 5.41) is 3.98. The Morgan fingerprint density at radius 2 is 1.58 bits per heavy atom. The normalized spacial score (nSPS) is 16.1. The van der Waals surface area contributed by atoms with E-state index in [1.54, 1.807) is 0 Å². The standard InChI is InChI=1S/C19H19ClN4/c1-19(2,3)24-18-17(21-15-11-9-14(20)10-12-15)22-16(23-18)13-7-5-4-6-8-13/h4-12H,1-3H3,(H,21,22,23,24). The van der Waals surface area contributed by atoms with E-state index in [9.17, 15) is 0 Å². The lowest BCUT2D eigenvalue weighted by Crippen LogP contribution is -2.23. The first-order valence-electron chi connectivity index (χ1n) is 7.76. The minimum absolute atomic E-state index is 0.243. The number of nitrogens with one attached hydrogen (secondary N) is 1. The maximum atomic E-state index is 5.94. The fraction of sp³-hybridized carbons (Fsp3) is 0.211. The molecule has 0 saturated heterocycles. The number of anilines is 1. The van der Waals surface area contributed by atoms with Gasteiger partial charge in [-0.05, 0) is 45.0 Å². The number of rotatable bonds is 2. The van der Waals surface area contributed by atoms with Crippen LogP contribution < -0.4 is 5.32 Å². The molecule has 122 valence electrons. The average molecular weight is 339 g/mol. The second-order valence-electron chi connectivity index (χ2n) is 6.50. The molecule has 0 unspecified atom stereocenters. The number of hydrogen-bond acceptors (Lipinski definition) is 3. The van der Waals surface area contributed by atoms with Gasteiger partial charge in [-0.25, -0.2) is 9.98 Å². The fourth-order valence-electron chi connectivity index (χ4n) is 2.20. The highest BCUT2D eigenvalue weighted by Crippen LogP contribution is 2.18. The van der Waals surface area contributed by atoms with E-state index in [1.165, 1.54) is 0 Å². The molecule has 0 fully saturated rings. The van der Waals surface area contributed by atoms with Crippen molar-refractivity contribution in [2.45, 2.75) is 26.3 Å². The molecule has 0 aliphatic carbocycles. The van der Waals surface area contributed by atoms with Crippen LogP contribution in [0.25, 0.3) is 0 Å². The third-order valence-corrected chi connectivity index (χ3v) is 3.47. The summed E-state index contributed by atoms with van der Waals surface area (Å²) in [5.41, 5.74) is 1.62. The first-order valence-corrected chi connectivity index (χ1v) is 8.14. The Kier molecular flexibility index (Phi) is 4.49. The van der Waals surface area contributed by atoms with Crippen LogP contribution in [0.4, 0.5) is 5.69 Å². The van der Waals surface area contributed by atoms with Crippen molar-refractivity contribution in [3.05, 3.63) is 65.2 Å². The Morgan fingerprint density at radius 3 is 2.21 bits per heavy atom. The molecule has 0 aromatic heterocycles. The van der Waals surface area contributed by atoms with Gasteiger partial charge in [-0.1, -0.05) is 41.9 Å². The largest absolute Gasteiger partial charge is 0.337 e. The minimum Gasteiger partial charge on any atom is -0.337 e. The zero-order valence-corrected chi connectivity index (χ0v) is 14.7. The van der Waals surface area contributed by atoms with Gasteiger partial charge in [0.2, 0.25) is 0 Å². The Bertz CT molecular complexity index is 813. The zero-order chi connectivity index (χ0) is 17.2. The molecule has 24 heavy (non-hydrogen) atoms. The molecule has 1 aliphatic rings. The van der Waals surface area contributed by atoms with E-state index in [0.717, 1.165) is 11.3 Å². The SMILES string of the molecule is CC(C)(C)N=C1N=C(c2ccccc2)N=C1Nc1ccc(Cl)cc1. The molecule has 0 amide bonds. The molecule has 0 saturated carbocycles. The van der Waals surface area contributed by atoms with Gasteiger partial charge in [0.15, 0.2) is 17.5 Å². The molecular weight excluding hydrogens is 320 g/mol. The summed E-state index contributed by atoms with van der Waals surface area (Å²) < 4.78 is 0. The minimum atomic E-state index is -0.243. The number of hydrogen-bond donors (Lipinski definition) is 1. The van der Waals surface area contributed by atoms with Gasteiger partial charge in [0.25, 0.3) is 0 Å². The van der Waals surface area contributed by atoms with Crippen LogP contribution in [-0.2, 0) is 0 Å². The lowest BCUT2D eigenvalue weighted by Gasteiger charge is -2.13. The van der Waals surface area contributed by atoms with E-state index in [0.29, 0.717) is 22.5 Å². The van der Waals surface area contributed by atoms with Crippen molar-refractivity contribution >= 4 is 34.8 Å². The molecule has 2 aromatic carbocycles. The van der Waals surface area contributed by atoms with Gasteiger partial charge in [-0.2, -0.15) is 0 Å². The number of halogens is 1. The van der Waals surface area contributed by atoms with Crippen LogP contribution in [0, 0.1) is 0 Å². The Morgan fingerprint density at radius 1 is 0.917 bits per heavy atom. The number of amidine groups is 3. The van der Waals surface area contributed by atoms with Crippen LogP contribution >= 0.6 is 11.6 Å². The maximum absolute atomic E-state index is 5.94. The Labute approximate surface area is 147 Å². The van der Waals surface area contributed by atoms with Gasteiger partial charge in [-0.15, -0.1) is 0 Å². The van der Waals surface area contributed by atoms with E-state index >= 15 is 0 Å². The molecule has 1 N–H and O–H groups in total. The summed E-state index contributed by atoms with van der Waals surface area (Å²) in [7, 11) is 0. The van der Waals surface area contributed by atoms with Crippen molar-refractivity contribution in [3.63, 3.8) is 0 Å². The molecule has 1 aliphatic heterocycles. The number of aliphatic imine (C=N–C) groups is 3. The zero-order valence-electron chi connectivity index (χ0n) is 13.9. The molecule has 2 aromatic rings. The second-order valence-corrected chi connectivity index (χ2v) is 6.94. The van der Waals surface area contributed by atoms with Gasteiger partial charge in [0.05, 0.1) is 5.54 Å². The topological polar surface area (TPSA) is 49.1 Å². The molecule has 4 nitrogen and oxygen atoms in total. The van der Waals surface area contributed by atoms with Gasteiger partial charge in [-0.3, -0.25) is 4.99 Å². The van der Waals surface area contributed by atoms with Gasteiger partial charge < -0.3 is 5.32 Å². The fourth-order valence-corrected chi connectivity index (χ4v) is 2.33. The van der Waals surface area contributed by atoms with Crippen LogP contribution in [0.2, 0.25) is 5.02 Å². The first kappa shape index (κ1) is 16.4. The molecular formula is C19H19ClN4. The summed E-state index contributed by atoms with van der Waals surface area (Å²) in [4.78, 5) is 13.9. The maximum Gasteiger partial charge on any atom is 0.193 e. The van der Waals surface area contributed by atoms with Gasteiger partial charge >= 0.3 is 0 Å². The highest BCUT2D eigenvalue weighted by Gasteiger charge is 2.22. The lowest BCUT2D eigenvalue weighted by atomic mass is 10.1. The summed E-state index contributed by atoms with van der Waals surface area (Å²) >= 11 is 5.94. The highest BCUT2D eigenvalue weighted by molar-refractivity contribution is 6.51. The van der Waals surface area contributed by atoms with E-state index in [-0.39, 0.29) is 5.54 Å². The van der Waals surface area contributed by atoms with Crippen LogP contribution in [0.1, 0.15) is 26.3 Å². The van der Waals surface area contributed by atoms with Crippen LogP contribution in [0.3, 0.4) is 0 Å². The van der Waals surface area contributed by atoms with Crippen molar-refractivity contribution in [1.82, 2.24) is 0 Å².